The first-order valence-corrected chi connectivity index (χ1v) is 6.99. The topological polar surface area (TPSA) is 111 Å². The lowest BCUT2D eigenvalue weighted by molar-refractivity contribution is 0.0918. The molecule has 118 valence electrons. The van der Waals surface area contributed by atoms with Crippen LogP contribution in [0.1, 0.15) is 16.4 Å². The van der Waals surface area contributed by atoms with Crippen LogP contribution in [0, 0.1) is 6.92 Å². The minimum Gasteiger partial charge on any atom is -0.368 e. The van der Waals surface area contributed by atoms with E-state index in [1.165, 1.54) is 18.6 Å². The van der Waals surface area contributed by atoms with Crippen molar-refractivity contribution in [1.29, 1.82) is 0 Å². The van der Waals surface area contributed by atoms with Gasteiger partial charge in [0, 0.05) is 37.6 Å². The highest BCUT2D eigenvalue weighted by atomic mass is 16.5. The normalized spacial score (nSPS) is 10.5. The molecular weight excluding hydrogens is 298 g/mol. The lowest BCUT2D eigenvalue weighted by Gasteiger charge is -2.08. The van der Waals surface area contributed by atoms with Gasteiger partial charge in [-0.1, -0.05) is 5.16 Å². The molecule has 0 radical (unpaired) electrons. The number of carbonyl (C=O) groups is 1. The molecule has 9 heteroatoms. The van der Waals surface area contributed by atoms with Crippen molar-refractivity contribution < 1.29 is 9.32 Å². The summed E-state index contributed by atoms with van der Waals surface area (Å²) in [6.07, 6.45) is 6.44. The van der Waals surface area contributed by atoms with Gasteiger partial charge in [0.25, 0.3) is 5.91 Å². The van der Waals surface area contributed by atoms with Gasteiger partial charge in [-0.25, -0.2) is 15.0 Å². The minimum atomic E-state index is -0.304. The second-order valence-electron chi connectivity index (χ2n) is 4.67. The standard InChI is InChI=1S/C14H15N7O2/c1-10-15-6-7-21(10)13-8-12(18-9-19-13)16-4-5-17-14(22)11-2-3-20-23-11/h2-3,6-9H,4-5H2,1H3,(H,17,22)(H,16,18,19). The monoisotopic (exact) mass is 313 g/mol. The molecule has 2 N–H and O–H groups in total. The highest BCUT2D eigenvalue weighted by Gasteiger charge is 2.08. The van der Waals surface area contributed by atoms with E-state index in [0.29, 0.717) is 18.9 Å². The van der Waals surface area contributed by atoms with Crippen LogP contribution in [0.15, 0.2) is 41.6 Å². The lowest BCUT2D eigenvalue weighted by atomic mass is 10.4. The molecule has 0 spiro atoms. The maximum absolute atomic E-state index is 11.7. The number of carbonyl (C=O) groups excluding carboxylic acids is 1. The van der Waals surface area contributed by atoms with Gasteiger partial charge in [-0.15, -0.1) is 0 Å². The largest absolute Gasteiger partial charge is 0.368 e. The van der Waals surface area contributed by atoms with Crippen molar-refractivity contribution in [1.82, 2.24) is 30.0 Å². The fraction of sp³-hybridized carbons (Fsp3) is 0.214. The molecule has 0 unspecified atom stereocenters. The first-order valence-electron chi connectivity index (χ1n) is 6.99. The molecule has 1 amide bonds. The number of rotatable bonds is 6. The maximum Gasteiger partial charge on any atom is 0.289 e. The van der Waals surface area contributed by atoms with E-state index >= 15 is 0 Å². The van der Waals surface area contributed by atoms with Crippen molar-refractivity contribution in [2.45, 2.75) is 6.92 Å². The number of amides is 1. The first-order chi connectivity index (χ1) is 11.2. The fourth-order valence-electron chi connectivity index (χ4n) is 1.98. The van der Waals surface area contributed by atoms with Crippen molar-refractivity contribution in [3.8, 4) is 5.82 Å². The van der Waals surface area contributed by atoms with E-state index in [-0.39, 0.29) is 11.7 Å². The summed E-state index contributed by atoms with van der Waals surface area (Å²) in [4.78, 5) is 24.2. The third kappa shape index (κ3) is 3.51. The Balaban J connectivity index is 1.53. The Bertz CT molecular complexity index is 782. The molecule has 0 fully saturated rings. The second-order valence-corrected chi connectivity index (χ2v) is 4.67. The number of aromatic nitrogens is 5. The van der Waals surface area contributed by atoms with Gasteiger partial charge < -0.3 is 15.2 Å². The molecule has 3 rings (SSSR count). The second kappa shape index (κ2) is 6.69. The van der Waals surface area contributed by atoms with E-state index in [9.17, 15) is 4.79 Å². The van der Waals surface area contributed by atoms with Crippen LogP contribution in [-0.2, 0) is 0 Å². The number of nitrogens with one attached hydrogen (secondary N) is 2. The van der Waals surface area contributed by atoms with Crippen LogP contribution in [0.2, 0.25) is 0 Å². The van der Waals surface area contributed by atoms with Crippen LogP contribution in [0.25, 0.3) is 5.82 Å². The van der Waals surface area contributed by atoms with Crippen molar-refractivity contribution in [2.75, 3.05) is 18.4 Å². The maximum atomic E-state index is 11.7. The quantitative estimate of drug-likeness (QED) is 0.647. The Labute approximate surface area is 131 Å². The number of nitrogens with zero attached hydrogens (tertiary/aromatic N) is 5. The number of aryl methyl sites for hydroxylation is 1. The summed E-state index contributed by atoms with van der Waals surface area (Å²) in [5, 5.41) is 9.32. The van der Waals surface area contributed by atoms with E-state index in [4.69, 9.17) is 4.52 Å². The van der Waals surface area contributed by atoms with Crippen molar-refractivity contribution >= 4 is 11.7 Å². The van der Waals surface area contributed by atoms with Gasteiger partial charge in [-0.05, 0) is 6.92 Å². The molecule has 3 heterocycles. The molecule has 23 heavy (non-hydrogen) atoms. The lowest BCUT2D eigenvalue weighted by Crippen LogP contribution is -2.28. The summed E-state index contributed by atoms with van der Waals surface area (Å²) in [5.41, 5.74) is 0. The Hall–Kier alpha value is -3.23. The molecule has 0 saturated carbocycles. The summed E-state index contributed by atoms with van der Waals surface area (Å²) in [6.45, 7) is 2.83. The fourth-order valence-corrected chi connectivity index (χ4v) is 1.98. The smallest absolute Gasteiger partial charge is 0.289 e. The van der Waals surface area contributed by atoms with Gasteiger partial charge in [-0.3, -0.25) is 9.36 Å². The van der Waals surface area contributed by atoms with Gasteiger partial charge in [0.1, 0.15) is 23.8 Å². The number of anilines is 1. The zero-order chi connectivity index (χ0) is 16.1. The van der Waals surface area contributed by atoms with Crippen LogP contribution in [-0.4, -0.2) is 43.7 Å². The molecule has 9 nitrogen and oxygen atoms in total. The van der Waals surface area contributed by atoms with Gasteiger partial charge in [-0.2, -0.15) is 0 Å². The average Bonchev–Trinajstić information content (AvgIpc) is 3.23. The molecule has 0 aliphatic heterocycles. The van der Waals surface area contributed by atoms with Crippen LogP contribution in [0.4, 0.5) is 5.82 Å². The molecule has 0 aliphatic rings. The summed E-state index contributed by atoms with van der Waals surface area (Å²) in [5.74, 6) is 2.11. The molecule has 3 aromatic rings. The third-order valence-electron chi connectivity index (χ3n) is 3.10. The Morgan fingerprint density at radius 2 is 2.17 bits per heavy atom. The van der Waals surface area contributed by atoms with E-state index in [0.717, 1.165) is 11.6 Å². The van der Waals surface area contributed by atoms with E-state index in [2.05, 4.69) is 30.7 Å². The zero-order valence-corrected chi connectivity index (χ0v) is 12.4. The summed E-state index contributed by atoms with van der Waals surface area (Å²) in [6, 6.07) is 3.32. The molecule has 0 aromatic carbocycles. The summed E-state index contributed by atoms with van der Waals surface area (Å²) in [7, 11) is 0. The summed E-state index contributed by atoms with van der Waals surface area (Å²) < 4.78 is 6.63. The average molecular weight is 313 g/mol. The zero-order valence-electron chi connectivity index (χ0n) is 12.4. The number of hydrogen-bond donors (Lipinski definition) is 2. The van der Waals surface area contributed by atoms with Gasteiger partial charge >= 0.3 is 0 Å². The predicted molar refractivity (Wildman–Crippen MR) is 81.2 cm³/mol. The number of imidazole rings is 1. The van der Waals surface area contributed by atoms with Crippen LogP contribution in [0.5, 0.6) is 0 Å². The van der Waals surface area contributed by atoms with E-state index in [1.54, 1.807) is 6.20 Å². The molecule has 0 saturated heterocycles. The minimum absolute atomic E-state index is 0.185. The SMILES string of the molecule is Cc1nccn1-c1cc(NCCNC(=O)c2ccno2)ncn1. The molecule has 0 bridgehead atoms. The Morgan fingerprint density at radius 3 is 2.91 bits per heavy atom. The number of hydrogen-bond acceptors (Lipinski definition) is 7. The van der Waals surface area contributed by atoms with Crippen molar-refractivity contribution in [3.63, 3.8) is 0 Å². The predicted octanol–water partition coefficient (Wildman–Crippen LogP) is 0.801. The van der Waals surface area contributed by atoms with Crippen LogP contribution < -0.4 is 10.6 Å². The third-order valence-corrected chi connectivity index (χ3v) is 3.10. The molecule has 0 atom stereocenters. The van der Waals surface area contributed by atoms with Crippen LogP contribution >= 0.6 is 0 Å². The van der Waals surface area contributed by atoms with Crippen LogP contribution in [0.3, 0.4) is 0 Å². The van der Waals surface area contributed by atoms with E-state index < -0.39 is 0 Å². The molecule has 3 aromatic heterocycles. The first kappa shape index (κ1) is 14.7. The van der Waals surface area contributed by atoms with Gasteiger partial charge in [0.05, 0.1) is 6.20 Å². The van der Waals surface area contributed by atoms with Crippen molar-refractivity contribution in [2.24, 2.45) is 0 Å². The molecule has 0 aliphatic carbocycles. The Kier molecular flexibility index (Phi) is 4.27. The van der Waals surface area contributed by atoms with Gasteiger partial charge in [0.15, 0.2) is 0 Å². The summed E-state index contributed by atoms with van der Waals surface area (Å²) >= 11 is 0. The van der Waals surface area contributed by atoms with E-state index in [1.807, 2.05) is 23.8 Å². The highest BCUT2D eigenvalue weighted by Crippen LogP contribution is 2.10. The Morgan fingerprint density at radius 1 is 1.26 bits per heavy atom. The van der Waals surface area contributed by atoms with Gasteiger partial charge in [0.2, 0.25) is 5.76 Å². The van der Waals surface area contributed by atoms with Crippen molar-refractivity contribution in [3.05, 3.63) is 48.6 Å². The highest BCUT2D eigenvalue weighted by molar-refractivity contribution is 5.91. The molecular formula is C14H15N7O2.